The molecule has 5 heteroatoms. The summed E-state index contributed by atoms with van der Waals surface area (Å²) >= 11 is 11.4. The highest BCUT2D eigenvalue weighted by Gasteiger charge is 2.02. The van der Waals surface area contributed by atoms with Crippen molar-refractivity contribution < 1.29 is 0 Å². The van der Waals surface area contributed by atoms with Gasteiger partial charge in [-0.1, -0.05) is 28.4 Å². The molecule has 11 heavy (non-hydrogen) atoms. The van der Waals surface area contributed by atoms with Gasteiger partial charge in [0.15, 0.2) is 0 Å². The number of H-pyrrole nitrogens is 1. The van der Waals surface area contributed by atoms with Crippen LogP contribution in [0.1, 0.15) is 0 Å². The van der Waals surface area contributed by atoms with Crippen LogP contribution in [-0.2, 0) is 0 Å². The SMILES string of the molecule is Clc1[c]c2nn[nH]c2cc1Cl. The van der Waals surface area contributed by atoms with Crippen LogP contribution >= 0.6 is 23.2 Å². The molecule has 3 nitrogen and oxygen atoms in total. The summed E-state index contributed by atoms with van der Waals surface area (Å²) < 4.78 is 0. The molecule has 0 aliphatic carbocycles. The second-order valence-electron chi connectivity index (χ2n) is 2.01. The Hall–Kier alpha value is -0.800. The van der Waals surface area contributed by atoms with E-state index in [0.717, 1.165) is 5.52 Å². The third kappa shape index (κ3) is 1.06. The Morgan fingerprint density at radius 2 is 2.27 bits per heavy atom. The molecule has 1 heterocycles. The van der Waals surface area contributed by atoms with Gasteiger partial charge >= 0.3 is 0 Å². The fourth-order valence-electron chi connectivity index (χ4n) is 0.782. The quantitative estimate of drug-likeness (QED) is 0.685. The Bertz CT molecular complexity index is 360. The van der Waals surface area contributed by atoms with Gasteiger partial charge in [-0.3, -0.25) is 5.10 Å². The summed E-state index contributed by atoms with van der Waals surface area (Å²) in [5.41, 5.74) is 1.33. The normalized spacial score (nSPS) is 10.7. The van der Waals surface area contributed by atoms with Gasteiger partial charge < -0.3 is 0 Å². The van der Waals surface area contributed by atoms with E-state index in [1.165, 1.54) is 0 Å². The molecule has 0 spiro atoms. The summed E-state index contributed by atoms with van der Waals surface area (Å²) in [5.74, 6) is 0. The number of halogens is 2. The lowest BCUT2D eigenvalue weighted by atomic mass is 10.3. The van der Waals surface area contributed by atoms with Crippen molar-refractivity contribution in [2.75, 3.05) is 0 Å². The number of nitrogens with zero attached hydrogens (tertiary/aromatic N) is 2. The number of hydrogen-bond acceptors (Lipinski definition) is 2. The maximum Gasteiger partial charge on any atom is 0.122 e. The second-order valence-corrected chi connectivity index (χ2v) is 2.79. The number of aromatic nitrogens is 3. The van der Waals surface area contributed by atoms with Gasteiger partial charge in [0.1, 0.15) is 5.52 Å². The standard InChI is InChI=1S/C6H2Cl2N3/c7-3-1-5-6(2-4(3)8)10-11-9-5/h1H,(H,9,10,11). The Labute approximate surface area is 72.3 Å². The number of rotatable bonds is 0. The third-order valence-electron chi connectivity index (χ3n) is 1.28. The number of hydrogen-bond donors (Lipinski definition) is 1. The molecule has 2 rings (SSSR count). The molecule has 1 N–H and O–H groups in total. The van der Waals surface area contributed by atoms with E-state index in [9.17, 15) is 0 Å². The molecule has 2 aromatic rings. The molecular weight excluding hydrogens is 185 g/mol. The molecule has 1 aromatic heterocycles. The van der Waals surface area contributed by atoms with Crippen molar-refractivity contribution >= 4 is 34.2 Å². The first-order chi connectivity index (χ1) is 5.27. The molecule has 0 saturated heterocycles. The van der Waals surface area contributed by atoms with E-state index in [2.05, 4.69) is 21.5 Å². The Balaban J connectivity index is 2.86. The number of fused-ring (bicyclic) bond motifs is 1. The molecule has 0 aliphatic heterocycles. The van der Waals surface area contributed by atoms with Crippen LogP contribution in [0.5, 0.6) is 0 Å². The van der Waals surface area contributed by atoms with E-state index in [0.29, 0.717) is 15.6 Å². The zero-order chi connectivity index (χ0) is 7.84. The third-order valence-corrected chi connectivity index (χ3v) is 1.98. The van der Waals surface area contributed by atoms with Gasteiger partial charge in [-0.2, -0.15) is 0 Å². The van der Waals surface area contributed by atoms with Crippen LogP contribution < -0.4 is 0 Å². The zero-order valence-corrected chi connectivity index (χ0v) is 6.74. The first-order valence-electron chi connectivity index (χ1n) is 2.85. The summed E-state index contributed by atoms with van der Waals surface area (Å²) in [6, 6.07) is 4.43. The van der Waals surface area contributed by atoms with Gasteiger partial charge in [0.05, 0.1) is 15.6 Å². The minimum Gasteiger partial charge on any atom is -0.257 e. The number of nitrogens with one attached hydrogen (secondary N) is 1. The van der Waals surface area contributed by atoms with Crippen LogP contribution in [-0.4, -0.2) is 15.4 Å². The summed E-state index contributed by atoms with van der Waals surface area (Å²) in [7, 11) is 0. The van der Waals surface area contributed by atoms with Crippen LogP contribution in [0.2, 0.25) is 10.0 Å². The fraction of sp³-hybridized carbons (Fsp3) is 0. The van der Waals surface area contributed by atoms with Gasteiger partial charge in [0.25, 0.3) is 0 Å². The molecule has 0 aliphatic rings. The predicted octanol–water partition coefficient (Wildman–Crippen LogP) is 2.06. The van der Waals surface area contributed by atoms with Crippen LogP contribution in [0.4, 0.5) is 0 Å². The van der Waals surface area contributed by atoms with E-state index >= 15 is 0 Å². The molecule has 0 fully saturated rings. The van der Waals surface area contributed by atoms with Gasteiger partial charge in [-0.15, -0.1) is 5.10 Å². The Kier molecular flexibility index (Phi) is 1.47. The number of aromatic amines is 1. The molecular formula is C6H2Cl2N3. The molecule has 0 saturated carbocycles. The van der Waals surface area contributed by atoms with Crippen molar-refractivity contribution in [3.63, 3.8) is 0 Å². The average Bonchev–Trinajstić information content (AvgIpc) is 2.36. The molecule has 0 unspecified atom stereocenters. The van der Waals surface area contributed by atoms with Crippen LogP contribution in [0.15, 0.2) is 6.07 Å². The monoisotopic (exact) mass is 186 g/mol. The number of benzene rings is 1. The van der Waals surface area contributed by atoms with Gasteiger partial charge in [-0.25, -0.2) is 0 Å². The van der Waals surface area contributed by atoms with Gasteiger partial charge in [-0.05, 0) is 6.07 Å². The molecule has 55 valence electrons. The lowest BCUT2D eigenvalue weighted by Crippen LogP contribution is -1.72. The van der Waals surface area contributed by atoms with Gasteiger partial charge in [0, 0.05) is 6.07 Å². The maximum absolute atomic E-state index is 5.71. The maximum atomic E-state index is 5.71. The van der Waals surface area contributed by atoms with E-state index in [1.807, 2.05) is 0 Å². The van der Waals surface area contributed by atoms with Crippen LogP contribution in [0.25, 0.3) is 11.0 Å². The lowest BCUT2D eigenvalue weighted by molar-refractivity contribution is 0.959. The second kappa shape index (κ2) is 2.36. The molecule has 1 aromatic carbocycles. The minimum absolute atomic E-state index is 0.369. The first kappa shape index (κ1) is 6.88. The van der Waals surface area contributed by atoms with Crippen molar-refractivity contribution in [2.24, 2.45) is 0 Å². The topological polar surface area (TPSA) is 41.6 Å². The predicted molar refractivity (Wildman–Crippen MR) is 42.7 cm³/mol. The summed E-state index contributed by atoms with van der Waals surface area (Å²) in [4.78, 5) is 0. The van der Waals surface area contributed by atoms with Crippen molar-refractivity contribution in [1.29, 1.82) is 0 Å². The minimum atomic E-state index is 0.369. The molecule has 1 radical (unpaired) electrons. The van der Waals surface area contributed by atoms with E-state index < -0.39 is 0 Å². The van der Waals surface area contributed by atoms with Crippen molar-refractivity contribution in [3.8, 4) is 0 Å². The van der Waals surface area contributed by atoms with E-state index in [-0.39, 0.29) is 0 Å². The summed E-state index contributed by atoms with van der Waals surface area (Å²) in [6.45, 7) is 0. The lowest BCUT2D eigenvalue weighted by Gasteiger charge is -1.91. The molecule has 0 amide bonds. The van der Waals surface area contributed by atoms with E-state index in [1.54, 1.807) is 6.07 Å². The molecule has 0 atom stereocenters. The van der Waals surface area contributed by atoms with Crippen molar-refractivity contribution in [2.45, 2.75) is 0 Å². The Morgan fingerprint density at radius 3 is 3.09 bits per heavy atom. The largest absolute Gasteiger partial charge is 0.257 e. The molecule has 0 bridgehead atoms. The highest BCUT2D eigenvalue weighted by Crippen LogP contribution is 2.24. The van der Waals surface area contributed by atoms with Crippen molar-refractivity contribution in [3.05, 3.63) is 22.2 Å². The van der Waals surface area contributed by atoms with Crippen LogP contribution in [0.3, 0.4) is 0 Å². The summed E-state index contributed by atoms with van der Waals surface area (Å²) in [6.07, 6.45) is 0. The Morgan fingerprint density at radius 1 is 1.45 bits per heavy atom. The summed E-state index contributed by atoms with van der Waals surface area (Å²) in [5, 5.41) is 10.7. The van der Waals surface area contributed by atoms with E-state index in [4.69, 9.17) is 23.2 Å². The zero-order valence-electron chi connectivity index (χ0n) is 5.23. The highest BCUT2D eigenvalue weighted by molar-refractivity contribution is 6.42. The fourth-order valence-corrected chi connectivity index (χ4v) is 1.08. The highest BCUT2D eigenvalue weighted by atomic mass is 35.5. The van der Waals surface area contributed by atoms with Crippen LogP contribution in [0, 0.1) is 6.07 Å². The smallest absolute Gasteiger partial charge is 0.122 e. The van der Waals surface area contributed by atoms with Gasteiger partial charge in [0.2, 0.25) is 0 Å². The first-order valence-corrected chi connectivity index (χ1v) is 3.61. The van der Waals surface area contributed by atoms with Crippen molar-refractivity contribution in [1.82, 2.24) is 15.4 Å². The average molecular weight is 187 g/mol.